The van der Waals surface area contributed by atoms with Crippen molar-refractivity contribution in [3.63, 3.8) is 0 Å². The van der Waals surface area contributed by atoms with Crippen LogP contribution in [0.25, 0.3) is 0 Å². The van der Waals surface area contributed by atoms with E-state index in [2.05, 4.69) is 41.3 Å². The van der Waals surface area contributed by atoms with Crippen LogP contribution in [0.3, 0.4) is 0 Å². The van der Waals surface area contributed by atoms with E-state index >= 15 is 0 Å². The van der Waals surface area contributed by atoms with Gasteiger partial charge in [-0.15, -0.1) is 0 Å². The Morgan fingerprint density at radius 2 is 1.40 bits per heavy atom. The van der Waals surface area contributed by atoms with E-state index in [0.29, 0.717) is 19.4 Å². The van der Waals surface area contributed by atoms with Crippen molar-refractivity contribution in [1.82, 2.24) is 14.7 Å². The van der Waals surface area contributed by atoms with Crippen molar-refractivity contribution in [3.05, 3.63) is 71.8 Å². The van der Waals surface area contributed by atoms with Crippen LogP contribution in [-0.2, 0) is 22.7 Å². The fraction of sp³-hybridized carbons (Fsp3) is 0.440. The average molecular weight is 404 g/mol. The van der Waals surface area contributed by atoms with Gasteiger partial charge >= 0.3 is 0 Å². The van der Waals surface area contributed by atoms with Gasteiger partial charge in [0.1, 0.15) is 11.6 Å². The summed E-state index contributed by atoms with van der Waals surface area (Å²) in [5.74, 6) is 0.326. The topological polar surface area (TPSA) is 43.9 Å². The minimum atomic E-state index is -0.693. The first kappa shape index (κ1) is 19.3. The number of hydrogen-bond donors (Lipinski definition) is 0. The number of benzene rings is 2. The molecule has 3 saturated heterocycles. The third-order valence-corrected chi connectivity index (χ3v) is 7.10. The largest absolute Gasteiger partial charge is 0.329 e. The van der Waals surface area contributed by atoms with Crippen LogP contribution >= 0.6 is 0 Å². The number of piperidine rings is 1. The lowest BCUT2D eigenvalue weighted by Gasteiger charge is -2.53. The highest BCUT2D eigenvalue weighted by Crippen LogP contribution is 2.40. The van der Waals surface area contributed by atoms with Gasteiger partial charge in [-0.3, -0.25) is 14.5 Å². The molecule has 3 aliphatic rings. The number of piperazine rings is 1. The Morgan fingerprint density at radius 1 is 0.800 bits per heavy atom. The molecule has 0 radical (unpaired) electrons. The van der Waals surface area contributed by atoms with Crippen molar-refractivity contribution in [1.29, 1.82) is 0 Å². The van der Waals surface area contributed by atoms with Crippen molar-refractivity contribution in [2.75, 3.05) is 19.6 Å². The molecule has 0 saturated carbocycles. The highest BCUT2D eigenvalue weighted by Gasteiger charge is 2.57. The molecule has 1 atom stereocenters. The van der Waals surface area contributed by atoms with Crippen molar-refractivity contribution >= 4 is 11.8 Å². The van der Waals surface area contributed by atoms with Crippen LogP contribution in [0.1, 0.15) is 36.8 Å². The van der Waals surface area contributed by atoms with E-state index in [1.807, 2.05) is 34.1 Å². The van der Waals surface area contributed by atoms with Crippen LogP contribution < -0.4 is 0 Å². The molecular weight excluding hydrogens is 374 g/mol. The quantitative estimate of drug-likeness (QED) is 0.788. The van der Waals surface area contributed by atoms with Crippen molar-refractivity contribution < 1.29 is 9.59 Å². The Bertz CT molecular complexity index is 907. The fourth-order valence-corrected chi connectivity index (χ4v) is 5.44. The summed E-state index contributed by atoms with van der Waals surface area (Å²) in [6, 6.07) is 20.3. The van der Waals surface area contributed by atoms with E-state index in [4.69, 9.17) is 0 Å². The first-order valence-corrected chi connectivity index (χ1v) is 11.1. The molecule has 3 aliphatic heterocycles. The predicted octanol–water partition coefficient (Wildman–Crippen LogP) is 3.05. The standard InChI is InChI=1S/C25H29N3O2/c29-23-22-12-7-15-27(22)24(30)25(28(23)19-21-10-5-2-6-11-21)13-16-26(17-14-25)18-20-8-3-1-4-9-20/h1-6,8-11,22H,7,12-19H2/t22-/m0/s1. The molecular formula is C25H29N3O2. The second kappa shape index (κ2) is 7.88. The predicted molar refractivity (Wildman–Crippen MR) is 115 cm³/mol. The van der Waals surface area contributed by atoms with Gasteiger partial charge < -0.3 is 9.80 Å². The minimum Gasteiger partial charge on any atom is -0.329 e. The number of hydrogen-bond acceptors (Lipinski definition) is 3. The molecule has 5 nitrogen and oxygen atoms in total. The van der Waals surface area contributed by atoms with Gasteiger partial charge in [0, 0.05) is 32.7 Å². The molecule has 0 aliphatic carbocycles. The van der Waals surface area contributed by atoms with Crippen LogP contribution in [0.2, 0.25) is 0 Å². The van der Waals surface area contributed by atoms with Crippen LogP contribution in [-0.4, -0.2) is 57.7 Å². The van der Waals surface area contributed by atoms with Crippen LogP contribution in [0, 0.1) is 0 Å². The van der Waals surface area contributed by atoms with Gasteiger partial charge in [-0.05, 0) is 36.8 Å². The van der Waals surface area contributed by atoms with E-state index in [-0.39, 0.29) is 17.9 Å². The zero-order valence-electron chi connectivity index (χ0n) is 17.4. The molecule has 1 spiro atoms. The zero-order valence-corrected chi connectivity index (χ0v) is 17.4. The smallest absolute Gasteiger partial charge is 0.249 e. The first-order valence-electron chi connectivity index (χ1n) is 11.1. The Kier molecular flexibility index (Phi) is 5.07. The number of carbonyl (C=O) groups excluding carboxylic acids is 2. The second-order valence-corrected chi connectivity index (χ2v) is 8.86. The molecule has 2 aromatic carbocycles. The molecule has 3 fully saturated rings. The van der Waals surface area contributed by atoms with Crippen LogP contribution in [0.15, 0.2) is 60.7 Å². The lowest BCUT2D eigenvalue weighted by Crippen LogP contribution is -2.72. The van der Waals surface area contributed by atoms with Crippen LogP contribution in [0.5, 0.6) is 0 Å². The zero-order chi connectivity index (χ0) is 20.6. The lowest BCUT2D eigenvalue weighted by molar-refractivity contribution is -0.173. The van der Waals surface area contributed by atoms with E-state index in [9.17, 15) is 9.59 Å². The normalized spacial score (nSPS) is 23.8. The maximum absolute atomic E-state index is 13.7. The van der Waals surface area contributed by atoms with E-state index in [0.717, 1.165) is 44.6 Å². The SMILES string of the molecule is O=C1[C@@H]2CCCN2C(=O)C2(CCN(Cc3ccccc3)CC2)N1Cc1ccccc1. The van der Waals surface area contributed by atoms with Gasteiger partial charge in [0.15, 0.2) is 0 Å². The number of nitrogens with zero attached hydrogens (tertiary/aromatic N) is 3. The summed E-state index contributed by atoms with van der Waals surface area (Å²) in [6.45, 7) is 3.80. The molecule has 2 amide bonds. The van der Waals surface area contributed by atoms with Crippen molar-refractivity contribution in [2.45, 2.75) is 50.4 Å². The summed E-state index contributed by atoms with van der Waals surface area (Å²) in [5, 5.41) is 0. The molecule has 5 heteroatoms. The first-order chi connectivity index (χ1) is 14.7. The molecule has 3 heterocycles. The van der Waals surface area contributed by atoms with Gasteiger partial charge in [0.25, 0.3) is 0 Å². The molecule has 0 unspecified atom stereocenters. The van der Waals surface area contributed by atoms with E-state index in [1.54, 1.807) is 0 Å². The Labute approximate surface area is 178 Å². The summed E-state index contributed by atoms with van der Waals surface area (Å²) in [6.07, 6.45) is 3.14. The Balaban J connectivity index is 1.40. The van der Waals surface area contributed by atoms with Gasteiger partial charge in [0.2, 0.25) is 11.8 Å². The number of likely N-dealkylation sites (tertiary alicyclic amines) is 1. The molecule has 5 rings (SSSR count). The molecule has 2 aromatic rings. The van der Waals surface area contributed by atoms with Gasteiger partial charge in [0.05, 0.1) is 0 Å². The maximum atomic E-state index is 13.7. The van der Waals surface area contributed by atoms with E-state index < -0.39 is 5.54 Å². The van der Waals surface area contributed by atoms with Crippen molar-refractivity contribution in [3.8, 4) is 0 Å². The molecule has 0 bridgehead atoms. The second-order valence-electron chi connectivity index (χ2n) is 8.86. The molecule has 30 heavy (non-hydrogen) atoms. The number of rotatable bonds is 4. The van der Waals surface area contributed by atoms with E-state index in [1.165, 1.54) is 5.56 Å². The monoisotopic (exact) mass is 403 g/mol. The number of amides is 2. The number of carbonyl (C=O) groups is 2. The minimum absolute atomic E-state index is 0.146. The fourth-order valence-electron chi connectivity index (χ4n) is 5.44. The summed E-state index contributed by atoms with van der Waals surface area (Å²) in [5.41, 5.74) is 1.69. The molecule has 0 N–H and O–H groups in total. The van der Waals surface area contributed by atoms with Crippen molar-refractivity contribution in [2.24, 2.45) is 0 Å². The van der Waals surface area contributed by atoms with Gasteiger partial charge in [-0.1, -0.05) is 60.7 Å². The Morgan fingerprint density at radius 3 is 2.03 bits per heavy atom. The Hall–Kier alpha value is -2.66. The maximum Gasteiger partial charge on any atom is 0.249 e. The average Bonchev–Trinajstić information content (AvgIpc) is 3.28. The highest BCUT2D eigenvalue weighted by atomic mass is 16.2. The molecule has 0 aromatic heterocycles. The third-order valence-electron chi connectivity index (χ3n) is 7.10. The lowest BCUT2D eigenvalue weighted by atomic mass is 9.80. The molecule has 156 valence electrons. The van der Waals surface area contributed by atoms with Crippen LogP contribution in [0.4, 0.5) is 0 Å². The third kappa shape index (κ3) is 3.31. The van der Waals surface area contributed by atoms with Gasteiger partial charge in [-0.2, -0.15) is 0 Å². The summed E-state index contributed by atoms with van der Waals surface area (Å²) < 4.78 is 0. The number of fused-ring (bicyclic) bond motifs is 1. The summed E-state index contributed by atoms with van der Waals surface area (Å²) in [4.78, 5) is 33.5. The highest BCUT2D eigenvalue weighted by molar-refractivity contribution is 6.00. The summed E-state index contributed by atoms with van der Waals surface area (Å²) >= 11 is 0. The summed E-state index contributed by atoms with van der Waals surface area (Å²) in [7, 11) is 0. The van der Waals surface area contributed by atoms with Gasteiger partial charge in [-0.25, -0.2) is 0 Å².